The molecule has 0 radical (unpaired) electrons. The van der Waals surface area contributed by atoms with Crippen molar-refractivity contribution < 1.29 is 8.42 Å². The average molecular weight is 346 g/mol. The molecule has 0 saturated heterocycles. The molecule has 0 bridgehead atoms. The lowest BCUT2D eigenvalue weighted by molar-refractivity contribution is 0.567. The van der Waals surface area contributed by atoms with Crippen LogP contribution in [0.25, 0.3) is 5.52 Å². The Morgan fingerprint density at radius 1 is 1.25 bits per heavy atom. The van der Waals surface area contributed by atoms with Crippen LogP contribution < -0.4 is 10.3 Å². The monoisotopic (exact) mass is 346 g/mol. The first-order valence-electron chi connectivity index (χ1n) is 7.57. The Morgan fingerprint density at radius 3 is 2.62 bits per heavy atom. The van der Waals surface area contributed by atoms with E-state index in [0.717, 1.165) is 5.56 Å². The third-order valence-corrected chi connectivity index (χ3v) is 5.34. The van der Waals surface area contributed by atoms with Gasteiger partial charge >= 0.3 is 0 Å². The lowest BCUT2D eigenvalue weighted by atomic mass is 10.1. The molecule has 0 aliphatic heterocycles. The number of benzene rings is 1. The summed E-state index contributed by atoms with van der Waals surface area (Å²) in [5, 5.41) is 3.98. The molecule has 0 aliphatic carbocycles. The van der Waals surface area contributed by atoms with Crippen LogP contribution >= 0.6 is 0 Å². The van der Waals surface area contributed by atoms with Crippen LogP contribution in [0.2, 0.25) is 0 Å². The fourth-order valence-corrected chi connectivity index (χ4v) is 3.76. The lowest BCUT2D eigenvalue weighted by Crippen LogP contribution is -2.26. The standard InChI is InChI=1S/C16H18N4O3S/c1-3-20-16(21)15-9-14(10-19(15)11-17-20)24(22,23)18-12(2)13-7-5-4-6-8-13/h4-12,18H,3H2,1-2H3/t12-/m0/s1. The highest BCUT2D eigenvalue weighted by molar-refractivity contribution is 7.89. The summed E-state index contributed by atoms with van der Waals surface area (Å²) in [5.41, 5.74) is 0.817. The highest BCUT2D eigenvalue weighted by Gasteiger charge is 2.21. The summed E-state index contributed by atoms with van der Waals surface area (Å²) >= 11 is 0. The second-order valence-corrected chi connectivity index (χ2v) is 7.19. The first kappa shape index (κ1) is 16.4. The third kappa shape index (κ3) is 2.98. The molecule has 1 atom stereocenters. The van der Waals surface area contributed by atoms with Gasteiger partial charge in [-0.3, -0.25) is 9.20 Å². The number of nitrogens with zero attached hydrogens (tertiary/aromatic N) is 3. The highest BCUT2D eigenvalue weighted by Crippen LogP contribution is 2.18. The lowest BCUT2D eigenvalue weighted by Gasteiger charge is -2.13. The zero-order chi connectivity index (χ0) is 17.3. The summed E-state index contributed by atoms with van der Waals surface area (Å²) in [7, 11) is -3.75. The van der Waals surface area contributed by atoms with E-state index in [1.165, 1.54) is 27.7 Å². The zero-order valence-electron chi connectivity index (χ0n) is 13.4. The van der Waals surface area contributed by atoms with Crippen molar-refractivity contribution in [1.82, 2.24) is 18.9 Å². The first-order valence-corrected chi connectivity index (χ1v) is 9.06. The number of hydrogen-bond acceptors (Lipinski definition) is 4. The summed E-state index contributed by atoms with van der Waals surface area (Å²) in [6.45, 7) is 3.99. The average Bonchev–Trinajstić information content (AvgIpc) is 3.02. The van der Waals surface area contributed by atoms with E-state index >= 15 is 0 Å². The molecular formula is C16H18N4O3S. The van der Waals surface area contributed by atoms with Crippen molar-refractivity contribution in [2.24, 2.45) is 0 Å². The van der Waals surface area contributed by atoms with Gasteiger partial charge in [0.2, 0.25) is 10.0 Å². The molecule has 3 rings (SSSR count). The van der Waals surface area contributed by atoms with Gasteiger partial charge in [0.05, 0.1) is 0 Å². The second kappa shape index (κ2) is 6.21. The van der Waals surface area contributed by atoms with Crippen LogP contribution in [0.15, 0.2) is 58.6 Å². The SMILES string of the molecule is CCn1ncn2cc(S(=O)(=O)N[C@@H](C)c3ccccc3)cc2c1=O. The van der Waals surface area contributed by atoms with Gasteiger partial charge in [0.1, 0.15) is 16.7 Å². The minimum absolute atomic E-state index is 0.0398. The predicted octanol–water partition coefficient (Wildman–Crippen LogP) is 1.56. The summed E-state index contributed by atoms with van der Waals surface area (Å²) in [5.74, 6) is 0. The van der Waals surface area contributed by atoms with Crippen molar-refractivity contribution in [3.05, 3.63) is 64.8 Å². The van der Waals surface area contributed by atoms with Gasteiger partial charge in [-0.1, -0.05) is 30.3 Å². The van der Waals surface area contributed by atoms with Gasteiger partial charge in [-0.25, -0.2) is 17.8 Å². The summed E-state index contributed by atoms with van der Waals surface area (Å²) in [6.07, 6.45) is 2.82. The summed E-state index contributed by atoms with van der Waals surface area (Å²) in [4.78, 5) is 12.2. The molecule has 8 heteroatoms. The van der Waals surface area contributed by atoms with Gasteiger partial charge in [-0.05, 0) is 25.5 Å². The number of aromatic nitrogens is 3. The van der Waals surface area contributed by atoms with Gasteiger partial charge in [0, 0.05) is 18.8 Å². The quantitative estimate of drug-likeness (QED) is 0.760. The van der Waals surface area contributed by atoms with E-state index < -0.39 is 10.0 Å². The maximum absolute atomic E-state index is 12.6. The van der Waals surface area contributed by atoms with Crippen molar-refractivity contribution in [2.45, 2.75) is 31.3 Å². The molecule has 0 saturated carbocycles. The number of rotatable bonds is 5. The van der Waals surface area contributed by atoms with Crippen molar-refractivity contribution in [1.29, 1.82) is 0 Å². The summed E-state index contributed by atoms with van der Waals surface area (Å²) in [6, 6.07) is 10.3. The fourth-order valence-electron chi connectivity index (χ4n) is 2.51. The Kier molecular flexibility index (Phi) is 4.25. The molecule has 24 heavy (non-hydrogen) atoms. The van der Waals surface area contributed by atoms with Crippen LogP contribution in [0.5, 0.6) is 0 Å². The molecular weight excluding hydrogens is 328 g/mol. The van der Waals surface area contributed by atoms with E-state index in [-0.39, 0.29) is 22.0 Å². The van der Waals surface area contributed by atoms with E-state index in [1.54, 1.807) is 13.8 Å². The molecule has 1 N–H and O–H groups in total. The Bertz CT molecular complexity index is 1020. The predicted molar refractivity (Wildman–Crippen MR) is 90.3 cm³/mol. The van der Waals surface area contributed by atoms with E-state index in [4.69, 9.17) is 0 Å². The molecule has 0 amide bonds. The molecule has 2 heterocycles. The van der Waals surface area contributed by atoms with E-state index in [9.17, 15) is 13.2 Å². The third-order valence-electron chi connectivity index (χ3n) is 3.83. The number of sulfonamides is 1. The molecule has 0 spiro atoms. The highest BCUT2D eigenvalue weighted by atomic mass is 32.2. The smallest absolute Gasteiger partial charge is 0.291 e. The maximum Gasteiger partial charge on any atom is 0.291 e. The van der Waals surface area contributed by atoms with Gasteiger partial charge in [-0.2, -0.15) is 5.10 Å². The van der Waals surface area contributed by atoms with E-state index in [0.29, 0.717) is 6.54 Å². The molecule has 2 aromatic heterocycles. The minimum Gasteiger partial charge on any atom is -0.300 e. The van der Waals surface area contributed by atoms with E-state index in [2.05, 4.69) is 9.82 Å². The molecule has 3 aromatic rings. The molecule has 126 valence electrons. The Balaban J connectivity index is 1.97. The van der Waals surface area contributed by atoms with Gasteiger partial charge in [0.15, 0.2) is 0 Å². The molecule has 0 fully saturated rings. The van der Waals surface area contributed by atoms with Gasteiger partial charge < -0.3 is 0 Å². The van der Waals surface area contributed by atoms with Crippen LogP contribution in [0.1, 0.15) is 25.5 Å². The van der Waals surface area contributed by atoms with Crippen molar-refractivity contribution >= 4 is 15.5 Å². The van der Waals surface area contributed by atoms with E-state index in [1.807, 2.05) is 30.3 Å². The molecule has 0 unspecified atom stereocenters. The van der Waals surface area contributed by atoms with Crippen molar-refractivity contribution in [2.75, 3.05) is 0 Å². The number of fused-ring (bicyclic) bond motifs is 1. The van der Waals surface area contributed by atoms with Crippen LogP contribution in [0.3, 0.4) is 0 Å². The Hall–Kier alpha value is -2.45. The van der Waals surface area contributed by atoms with Gasteiger partial charge in [0.25, 0.3) is 5.56 Å². The normalized spacial score (nSPS) is 13.2. The zero-order valence-corrected chi connectivity index (χ0v) is 14.2. The van der Waals surface area contributed by atoms with Crippen molar-refractivity contribution in [3.63, 3.8) is 0 Å². The number of aryl methyl sites for hydroxylation is 1. The Labute approximate surface area is 139 Å². The topological polar surface area (TPSA) is 85.5 Å². The largest absolute Gasteiger partial charge is 0.300 e. The number of nitrogens with one attached hydrogen (secondary N) is 1. The van der Waals surface area contributed by atoms with Gasteiger partial charge in [-0.15, -0.1) is 0 Å². The minimum atomic E-state index is -3.75. The van der Waals surface area contributed by atoms with Crippen LogP contribution in [0.4, 0.5) is 0 Å². The van der Waals surface area contributed by atoms with Crippen molar-refractivity contribution in [3.8, 4) is 0 Å². The molecule has 7 nitrogen and oxygen atoms in total. The maximum atomic E-state index is 12.6. The fraction of sp³-hybridized carbons (Fsp3) is 0.250. The molecule has 0 aliphatic rings. The van der Waals surface area contributed by atoms with Crippen LogP contribution in [-0.4, -0.2) is 22.6 Å². The van der Waals surface area contributed by atoms with Crippen LogP contribution in [-0.2, 0) is 16.6 Å². The first-order chi connectivity index (χ1) is 11.4. The van der Waals surface area contributed by atoms with Crippen LogP contribution in [0, 0.1) is 0 Å². The number of hydrogen-bond donors (Lipinski definition) is 1. The summed E-state index contributed by atoms with van der Waals surface area (Å²) < 4.78 is 30.5. The molecule has 1 aromatic carbocycles. The second-order valence-electron chi connectivity index (χ2n) is 5.47. The Morgan fingerprint density at radius 2 is 1.96 bits per heavy atom.